The van der Waals surface area contributed by atoms with Gasteiger partial charge < -0.3 is 20.4 Å². The van der Waals surface area contributed by atoms with Gasteiger partial charge in [-0.3, -0.25) is 0 Å². The second-order valence-corrected chi connectivity index (χ2v) is 4.60. The number of nitrogens with zero attached hydrogens (tertiary/aromatic N) is 1. The highest BCUT2D eigenvalue weighted by molar-refractivity contribution is 5.82. The van der Waals surface area contributed by atoms with Gasteiger partial charge in [0.05, 0.1) is 0 Å². The molecule has 0 aromatic carbocycles. The Balaban J connectivity index is 2.58. The molecule has 18 heavy (non-hydrogen) atoms. The van der Waals surface area contributed by atoms with Gasteiger partial charge in [0.15, 0.2) is 0 Å². The number of urea groups is 1. The molecule has 1 heterocycles. The predicted molar refractivity (Wildman–Crippen MR) is 66.3 cm³/mol. The molecule has 1 aliphatic rings. The molecule has 1 rings (SSSR count). The fourth-order valence-corrected chi connectivity index (χ4v) is 2.31. The molecule has 2 amide bonds. The Kier molecular flexibility index (Phi) is 5.91. The van der Waals surface area contributed by atoms with Gasteiger partial charge in [-0.25, -0.2) is 9.59 Å². The molecule has 2 atom stereocenters. The Hall–Kier alpha value is -1.30. The lowest BCUT2D eigenvalue weighted by molar-refractivity contribution is -0.139. The van der Waals surface area contributed by atoms with Crippen LogP contribution < -0.4 is 5.32 Å². The largest absolute Gasteiger partial charge is 0.480 e. The van der Waals surface area contributed by atoms with Crippen molar-refractivity contribution in [2.45, 2.75) is 51.1 Å². The topological polar surface area (TPSA) is 89.9 Å². The summed E-state index contributed by atoms with van der Waals surface area (Å²) < 4.78 is 0. The van der Waals surface area contributed by atoms with E-state index in [4.69, 9.17) is 10.2 Å². The monoisotopic (exact) mass is 258 g/mol. The Labute approximate surface area is 107 Å². The van der Waals surface area contributed by atoms with Crippen LogP contribution in [-0.4, -0.2) is 52.3 Å². The molecule has 1 saturated heterocycles. The minimum atomic E-state index is -1.11. The maximum absolute atomic E-state index is 12.0. The Morgan fingerprint density at radius 1 is 1.44 bits per heavy atom. The van der Waals surface area contributed by atoms with Crippen molar-refractivity contribution in [3.8, 4) is 0 Å². The molecule has 104 valence electrons. The van der Waals surface area contributed by atoms with Crippen LogP contribution in [0.4, 0.5) is 4.79 Å². The number of hydrogen-bond acceptors (Lipinski definition) is 3. The van der Waals surface area contributed by atoms with Gasteiger partial charge in [-0.1, -0.05) is 6.92 Å². The minimum absolute atomic E-state index is 0.0334. The number of piperidine rings is 1. The lowest BCUT2D eigenvalue weighted by Gasteiger charge is -2.35. The molecule has 0 radical (unpaired) electrons. The van der Waals surface area contributed by atoms with Crippen LogP contribution in [0.25, 0.3) is 0 Å². The number of carboxylic acid groups (broad SMARTS) is 1. The third-order valence-corrected chi connectivity index (χ3v) is 3.37. The van der Waals surface area contributed by atoms with Gasteiger partial charge >= 0.3 is 12.0 Å². The standard InChI is InChI=1S/C12H22N2O4/c1-2-9-5-3-4-7-14(9)12(18)13-10(6-8-15)11(16)17/h9-10,15H,2-8H2,1H3,(H,13,18)(H,16,17)/t9?,10-/m1/s1. The fourth-order valence-electron chi connectivity index (χ4n) is 2.31. The van der Waals surface area contributed by atoms with Gasteiger partial charge in [0.25, 0.3) is 0 Å². The summed E-state index contributed by atoms with van der Waals surface area (Å²) in [6.07, 6.45) is 3.96. The van der Waals surface area contributed by atoms with Crippen LogP contribution in [-0.2, 0) is 4.79 Å². The molecular weight excluding hydrogens is 236 g/mol. The van der Waals surface area contributed by atoms with Gasteiger partial charge in [-0.15, -0.1) is 0 Å². The second kappa shape index (κ2) is 7.20. The van der Waals surface area contributed by atoms with E-state index in [0.717, 1.165) is 25.7 Å². The van der Waals surface area contributed by atoms with E-state index < -0.39 is 12.0 Å². The number of amides is 2. The van der Waals surface area contributed by atoms with E-state index in [1.165, 1.54) is 0 Å². The quantitative estimate of drug-likeness (QED) is 0.680. The zero-order valence-corrected chi connectivity index (χ0v) is 10.8. The second-order valence-electron chi connectivity index (χ2n) is 4.60. The van der Waals surface area contributed by atoms with E-state index in [0.29, 0.717) is 6.54 Å². The molecule has 6 heteroatoms. The minimum Gasteiger partial charge on any atom is -0.480 e. The van der Waals surface area contributed by atoms with E-state index in [9.17, 15) is 9.59 Å². The molecule has 3 N–H and O–H groups in total. The highest BCUT2D eigenvalue weighted by Crippen LogP contribution is 2.19. The Morgan fingerprint density at radius 3 is 2.72 bits per heavy atom. The number of aliphatic hydroxyl groups is 1. The third-order valence-electron chi connectivity index (χ3n) is 3.37. The number of nitrogens with one attached hydrogen (secondary N) is 1. The molecular formula is C12H22N2O4. The third kappa shape index (κ3) is 3.87. The SMILES string of the molecule is CCC1CCCCN1C(=O)N[C@H](CCO)C(=O)O. The van der Waals surface area contributed by atoms with Crippen molar-refractivity contribution in [3.63, 3.8) is 0 Å². The van der Waals surface area contributed by atoms with E-state index >= 15 is 0 Å². The molecule has 6 nitrogen and oxygen atoms in total. The van der Waals surface area contributed by atoms with Crippen LogP contribution in [0.3, 0.4) is 0 Å². The highest BCUT2D eigenvalue weighted by Gasteiger charge is 2.28. The number of carbonyl (C=O) groups is 2. The number of hydrogen-bond donors (Lipinski definition) is 3. The Bertz CT molecular complexity index is 296. The number of rotatable bonds is 5. The summed E-state index contributed by atoms with van der Waals surface area (Å²) >= 11 is 0. The number of aliphatic carboxylic acids is 1. The van der Waals surface area contributed by atoms with Gasteiger partial charge in [0.2, 0.25) is 0 Å². The number of likely N-dealkylation sites (tertiary alicyclic amines) is 1. The summed E-state index contributed by atoms with van der Waals surface area (Å²) in [5.74, 6) is -1.11. The maximum atomic E-state index is 12.0. The van der Waals surface area contributed by atoms with E-state index in [1.54, 1.807) is 4.90 Å². The predicted octanol–water partition coefficient (Wildman–Crippen LogP) is 0.796. The van der Waals surface area contributed by atoms with Crippen molar-refractivity contribution in [1.82, 2.24) is 10.2 Å². The van der Waals surface area contributed by atoms with Crippen LogP contribution in [0.1, 0.15) is 39.0 Å². The van der Waals surface area contributed by atoms with Crippen LogP contribution in [0, 0.1) is 0 Å². The zero-order valence-electron chi connectivity index (χ0n) is 10.8. The normalized spacial score (nSPS) is 21.4. The van der Waals surface area contributed by atoms with Crippen molar-refractivity contribution >= 4 is 12.0 Å². The van der Waals surface area contributed by atoms with E-state index in [-0.39, 0.29) is 25.1 Å². The summed E-state index contributed by atoms with van der Waals surface area (Å²) in [6, 6.07) is -1.15. The number of carboxylic acids is 1. The maximum Gasteiger partial charge on any atom is 0.326 e. The molecule has 1 aliphatic heterocycles. The lowest BCUT2D eigenvalue weighted by Crippen LogP contribution is -2.53. The molecule has 0 aliphatic carbocycles. The van der Waals surface area contributed by atoms with Gasteiger partial charge in [0.1, 0.15) is 6.04 Å². The van der Waals surface area contributed by atoms with E-state index in [2.05, 4.69) is 5.32 Å². The lowest BCUT2D eigenvalue weighted by atomic mass is 10.0. The van der Waals surface area contributed by atoms with Crippen molar-refractivity contribution < 1.29 is 19.8 Å². The van der Waals surface area contributed by atoms with Crippen LogP contribution in [0.2, 0.25) is 0 Å². The molecule has 1 fully saturated rings. The first-order chi connectivity index (χ1) is 8.60. The van der Waals surface area contributed by atoms with Gasteiger partial charge in [-0.2, -0.15) is 0 Å². The van der Waals surface area contributed by atoms with Crippen LogP contribution in [0.5, 0.6) is 0 Å². The van der Waals surface area contributed by atoms with Crippen molar-refractivity contribution in [3.05, 3.63) is 0 Å². The van der Waals surface area contributed by atoms with Crippen molar-refractivity contribution in [2.75, 3.05) is 13.2 Å². The van der Waals surface area contributed by atoms with E-state index in [1.807, 2.05) is 6.92 Å². The molecule has 0 bridgehead atoms. The summed E-state index contributed by atoms with van der Waals surface area (Å²) in [7, 11) is 0. The summed E-state index contributed by atoms with van der Waals surface area (Å²) in [5.41, 5.74) is 0. The molecule has 1 unspecified atom stereocenters. The molecule has 0 aromatic heterocycles. The number of carbonyl (C=O) groups excluding carboxylic acids is 1. The Morgan fingerprint density at radius 2 is 2.17 bits per heavy atom. The average Bonchev–Trinajstić information content (AvgIpc) is 2.37. The molecule has 0 saturated carbocycles. The highest BCUT2D eigenvalue weighted by atomic mass is 16.4. The summed E-state index contributed by atoms with van der Waals surface area (Å²) in [5, 5.41) is 20.2. The summed E-state index contributed by atoms with van der Waals surface area (Å²) in [6.45, 7) is 2.45. The van der Waals surface area contributed by atoms with Crippen LogP contribution in [0.15, 0.2) is 0 Å². The van der Waals surface area contributed by atoms with Crippen molar-refractivity contribution in [2.24, 2.45) is 0 Å². The smallest absolute Gasteiger partial charge is 0.326 e. The molecule has 0 aromatic rings. The summed E-state index contributed by atoms with van der Waals surface area (Å²) in [4.78, 5) is 24.7. The zero-order chi connectivity index (χ0) is 13.5. The number of aliphatic hydroxyl groups excluding tert-OH is 1. The first kappa shape index (κ1) is 14.8. The van der Waals surface area contributed by atoms with Crippen molar-refractivity contribution in [1.29, 1.82) is 0 Å². The average molecular weight is 258 g/mol. The first-order valence-electron chi connectivity index (χ1n) is 6.51. The fraction of sp³-hybridized carbons (Fsp3) is 0.833. The molecule has 0 spiro atoms. The van der Waals surface area contributed by atoms with Crippen LogP contribution >= 0.6 is 0 Å². The van der Waals surface area contributed by atoms with Gasteiger partial charge in [0, 0.05) is 25.6 Å². The first-order valence-corrected chi connectivity index (χ1v) is 6.51. The van der Waals surface area contributed by atoms with Gasteiger partial charge in [-0.05, 0) is 25.7 Å².